The Balaban J connectivity index is 1.92. The first-order chi connectivity index (χ1) is 11.1. The molecule has 0 aliphatic carbocycles. The smallest absolute Gasteiger partial charge is 0.0713 e. The van der Waals surface area contributed by atoms with E-state index in [-0.39, 0.29) is 0 Å². The predicted octanol–water partition coefficient (Wildman–Crippen LogP) is 4.52. The Morgan fingerprint density at radius 2 is 2.00 bits per heavy atom. The van der Waals surface area contributed by atoms with Gasteiger partial charge in [0.05, 0.1) is 5.52 Å². The van der Waals surface area contributed by atoms with Crippen molar-refractivity contribution in [1.29, 1.82) is 0 Å². The first-order valence-corrected chi connectivity index (χ1v) is 9.41. The molecule has 0 spiro atoms. The molecule has 1 aliphatic heterocycles. The lowest BCUT2D eigenvalue weighted by molar-refractivity contribution is 0.116. The fourth-order valence-electron chi connectivity index (χ4n) is 3.75. The highest BCUT2D eigenvalue weighted by atomic mass is 79.9. The van der Waals surface area contributed by atoms with E-state index < -0.39 is 0 Å². The van der Waals surface area contributed by atoms with Gasteiger partial charge in [-0.2, -0.15) is 0 Å². The van der Waals surface area contributed by atoms with Crippen LogP contribution < -0.4 is 5.32 Å². The number of fused-ring (bicyclic) bond motifs is 1. The summed E-state index contributed by atoms with van der Waals surface area (Å²) < 4.78 is 1.08. The first kappa shape index (κ1) is 16.9. The van der Waals surface area contributed by atoms with E-state index in [1.165, 1.54) is 23.8 Å². The summed E-state index contributed by atoms with van der Waals surface area (Å²) in [6, 6.07) is 10.2. The number of hydrogen-bond acceptors (Lipinski definition) is 3. The second-order valence-corrected chi connectivity index (χ2v) is 7.75. The Kier molecular flexibility index (Phi) is 5.34. The van der Waals surface area contributed by atoms with Crippen LogP contribution in [0.3, 0.4) is 0 Å². The molecule has 23 heavy (non-hydrogen) atoms. The molecule has 0 saturated carbocycles. The number of nitrogens with zero attached hydrogens (tertiary/aromatic N) is 2. The van der Waals surface area contributed by atoms with Crippen LogP contribution in [-0.4, -0.2) is 35.1 Å². The third-order valence-corrected chi connectivity index (χ3v) is 5.13. The molecule has 1 aromatic heterocycles. The molecule has 0 bridgehead atoms. The van der Waals surface area contributed by atoms with Gasteiger partial charge in [0.15, 0.2) is 0 Å². The molecule has 0 radical (unpaired) electrons. The highest BCUT2D eigenvalue weighted by molar-refractivity contribution is 9.10. The third-order valence-electron chi connectivity index (χ3n) is 4.64. The number of aromatic nitrogens is 1. The fraction of sp³-hybridized carbons (Fsp3) is 0.526. The van der Waals surface area contributed by atoms with E-state index in [1.54, 1.807) is 0 Å². The van der Waals surface area contributed by atoms with Crippen molar-refractivity contribution in [3.8, 4) is 0 Å². The van der Waals surface area contributed by atoms with E-state index in [9.17, 15) is 0 Å². The Morgan fingerprint density at radius 3 is 2.70 bits per heavy atom. The summed E-state index contributed by atoms with van der Waals surface area (Å²) in [6.45, 7) is 9.04. The predicted molar refractivity (Wildman–Crippen MR) is 101 cm³/mol. The maximum absolute atomic E-state index is 4.71. The quantitative estimate of drug-likeness (QED) is 0.850. The third kappa shape index (κ3) is 3.93. The zero-order chi connectivity index (χ0) is 16.4. The Labute approximate surface area is 147 Å². The molecule has 124 valence electrons. The van der Waals surface area contributed by atoms with Gasteiger partial charge in [0.1, 0.15) is 0 Å². The zero-order valence-electron chi connectivity index (χ0n) is 14.2. The van der Waals surface area contributed by atoms with Gasteiger partial charge in [-0.25, -0.2) is 0 Å². The summed E-state index contributed by atoms with van der Waals surface area (Å²) in [7, 11) is 0. The van der Waals surface area contributed by atoms with Gasteiger partial charge in [-0.3, -0.25) is 9.88 Å². The van der Waals surface area contributed by atoms with E-state index >= 15 is 0 Å². The van der Waals surface area contributed by atoms with E-state index in [0.717, 1.165) is 23.1 Å². The van der Waals surface area contributed by atoms with Crippen molar-refractivity contribution < 1.29 is 0 Å². The summed E-state index contributed by atoms with van der Waals surface area (Å²) >= 11 is 3.53. The number of benzene rings is 1. The molecule has 0 amide bonds. The largest absolute Gasteiger partial charge is 0.309 e. The molecule has 3 nitrogen and oxygen atoms in total. The van der Waals surface area contributed by atoms with E-state index in [0.29, 0.717) is 18.1 Å². The minimum absolute atomic E-state index is 0.465. The van der Waals surface area contributed by atoms with Crippen LogP contribution in [0.4, 0.5) is 0 Å². The SMILES string of the molecule is CCCC(c1cnc2cc(Br)ccc2c1)N1C[C@@H](C)N[C@@H](C)C1. The van der Waals surface area contributed by atoms with Gasteiger partial charge in [0.25, 0.3) is 0 Å². The number of pyridine rings is 1. The van der Waals surface area contributed by atoms with Crippen LogP contribution in [0.2, 0.25) is 0 Å². The topological polar surface area (TPSA) is 28.2 Å². The molecule has 3 atom stereocenters. The van der Waals surface area contributed by atoms with Crippen molar-refractivity contribution in [3.05, 3.63) is 40.5 Å². The molecular weight excluding hydrogens is 350 g/mol. The second kappa shape index (κ2) is 7.29. The van der Waals surface area contributed by atoms with Gasteiger partial charge in [-0.05, 0) is 44.0 Å². The van der Waals surface area contributed by atoms with Crippen LogP contribution in [0, 0.1) is 0 Å². The lowest BCUT2D eigenvalue weighted by atomic mass is 9.98. The van der Waals surface area contributed by atoms with Crippen LogP contribution in [0.1, 0.15) is 45.2 Å². The Morgan fingerprint density at radius 1 is 1.26 bits per heavy atom. The van der Waals surface area contributed by atoms with E-state index in [2.05, 4.69) is 77.4 Å². The van der Waals surface area contributed by atoms with Gasteiger partial charge < -0.3 is 5.32 Å². The molecule has 1 N–H and O–H groups in total. The second-order valence-electron chi connectivity index (χ2n) is 6.83. The minimum atomic E-state index is 0.465. The van der Waals surface area contributed by atoms with Gasteiger partial charge in [-0.15, -0.1) is 0 Å². The summed E-state index contributed by atoms with van der Waals surface area (Å²) in [5.41, 5.74) is 2.41. The lowest BCUT2D eigenvalue weighted by Gasteiger charge is -2.41. The van der Waals surface area contributed by atoms with Gasteiger partial charge in [0, 0.05) is 47.3 Å². The molecule has 1 aliphatic rings. The van der Waals surface area contributed by atoms with Crippen molar-refractivity contribution in [3.63, 3.8) is 0 Å². The Bertz CT molecular complexity index is 663. The van der Waals surface area contributed by atoms with Crippen LogP contribution in [-0.2, 0) is 0 Å². The van der Waals surface area contributed by atoms with Crippen LogP contribution in [0.5, 0.6) is 0 Å². The number of halogens is 1. The van der Waals surface area contributed by atoms with Gasteiger partial charge >= 0.3 is 0 Å². The van der Waals surface area contributed by atoms with Crippen molar-refractivity contribution in [2.75, 3.05) is 13.1 Å². The van der Waals surface area contributed by atoms with E-state index in [4.69, 9.17) is 4.98 Å². The monoisotopic (exact) mass is 375 g/mol. The molecule has 1 unspecified atom stereocenters. The molecule has 1 aromatic carbocycles. The summed E-state index contributed by atoms with van der Waals surface area (Å²) in [5.74, 6) is 0. The average Bonchev–Trinajstić information content (AvgIpc) is 2.51. The lowest BCUT2D eigenvalue weighted by Crippen LogP contribution is -2.55. The Hall–Kier alpha value is -0.970. The zero-order valence-corrected chi connectivity index (χ0v) is 15.8. The molecule has 1 saturated heterocycles. The molecule has 2 heterocycles. The minimum Gasteiger partial charge on any atom is -0.309 e. The van der Waals surface area contributed by atoms with E-state index in [1.807, 2.05) is 0 Å². The van der Waals surface area contributed by atoms with Crippen LogP contribution in [0.25, 0.3) is 10.9 Å². The average molecular weight is 376 g/mol. The summed E-state index contributed by atoms with van der Waals surface area (Å²) in [4.78, 5) is 7.34. The molecule has 2 aromatic rings. The maximum atomic E-state index is 4.71. The standard InChI is InChI=1S/C19H26BrN3/c1-4-5-19(23-11-13(2)22-14(3)12-23)16-8-15-6-7-17(20)9-18(15)21-10-16/h6-10,13-14,19,22H,4-5,11-12H2,1-3H3/t13-,14+,19?. The number of hydrogen-bond donors (Lipinski definition) is 1. The fourth-order valence-corrected chi connectivity index (χ4v) is 4.10. The summed E-state index contributed by atoms with van der Waals surface area (Å²) in [6.07, 6.45) is 4.45. The highest BCUT2D eigenvalue weighted by Gasteiger charge is 2.27. The molecular formula is C19H26BrN3. The van der Waals surface area contributed by atoms with Crippen molar-refractivity contribution in [2.24, 2.45) is 0 Å². The van der Waals surface area contributed by atoms with Gasteiger partial charge in [0.2, 0.25) is 0 Å². The van der Waals surface area contributed by atoms with Crippen molar-refractivity contribution >= 4 is 26.8 Å². The normalized spacial score (nSPS) is 24.0. The van der Waals surface area contributed by atoms with Crippen LogP contribution in [0.15, 0.2) is 34.9 Å². The number of rotatable bonds is 4. The maximum Gasteiger partial charge on any atom is 0.0713 e. The molecule has 4 heteroatoms. The van der Waals surface area contributed by atoms with Gasteiger partial charge in [-0.1, -0.05) is 35.3 Å². The highest BCUT2D eigenvalue weighted by Crippen LogP contribution is 2.29. The van der Waals surface area contributed by atoms with Crippen LogP contribution >= 0.6 is 15.9 Å². The summed E-state index contributed by atoms with van der Waals surface area (Å²) in [5, 5.41) is 4.86. The van der Waals surface area contributed by atoms with Crippen molar-refractivity contribution in [2.45, 2.75) is 51.7 Å². The number of nitrogens with one attached hydrogen (secondary N) is 1. The molecule has 1 fully saturated rings. The number of piperazine rings is 1. The first-order valence-electron chi connectivity index (χ1n) is 8.62. The van der Waals surface area contributed by atoms with Crippen molar-refractivity contribution in [1.82, 2.24) is 15.2 Å². The molecule has 3 rings (SSSR count).